The van der Waals surface area contributed by atoms with Gasteiger partial charge in [0.25, 0.3) is 0 Å². The van der Waals surface area contributed by atoms with Gasteiger partial charge in [-0.05, 0) is 40.5 Å². The van der Waals surface area contributed by atoms with Crippen LogP contribution in [0.3, 0.4) is 0 Å². The molecule has 0 aliphatic carbocycles. The number of benzene rings is 1. The molecule has 2 nitrogen and oxygen atoms in total. The van der Waals surface area contributed by atoms with E-state index in [1.54, 1.807) is 0 Å². The highest BCUT2D eigenvalue weighted by Crippen LogP contribution is 2.30. The summed E-state index contributed by atoms with van der Waals surface area (Å²) in [4.78, 5) is 2.43. The van der Waals surface area contributed by atoms with Gasteiger partial charge in [-0.25, -0.2) is 0 Å². The van der Waals surface area contributed by atoms with E-state index in [1.807, 2.05) is 12.1 Å². The number of anilines is 1. The fourth-order valence-corrected chi connectivity index (χ4v) is 3.26. The maximum atomic E-state index is 5.97. The number of piperazine rings is 1. The van der Waals surface area contributed by atoms with Crippen LogP contribution in [0, 0.1) is 0 Å². The molecule has 0 saturated carbocycles. The molecule has 0 aromatic heterocycles. The lowest BCUT2D eigenvalue weighted by molar-refractivity contribution is 0.430. The zero-order valence-electron chi connectivity index (χ0n) is 10.0. The molecule has 94 valence electrons. The molecule has 1 aliphatic rings. The molecular weight excluding hydrogens is 300 g/mol. The van der Waals surface area contributed by atoms with Crippen molar-refractivity contribution in [3.63, 3.8) is 0 Å². The minimum absolute atomic E-state index is 0.608. The van der Waals surface area contributed by atoms with Crippen LogP contribution in [0.25, 0.3) is 0 Å². The zero-order valence-corrected chi connectivity index (χ0v) is 12.4. The summed E-state index contributed by atoms with van der Waals surface area (Å²) in [5.74, 6) is 0. The van der Waals surface area contributed by atoms with Crippen LogP contribution in [-0.4, -0.2) is 25.7 Å². The van der Waals surface area contributed by atoms with Gasteiger partial charge in [0.15, 0.2) is 0 Å². The largest absolute Gasteiger partial charge is 0.368 e. The Morgan fingerprint density at radius 3 is 3.06 bits per heavy atom. The topological polar surface area (TPSA) is 15.3 Å². The van der Waals surface area contributed by atoms with Crippen LogP contribution in [-0.2, 0) is 0 Å². The first kappa shape index (κ1) is 13.2. The summed E-state index contributed by atoms with van der Waals surface area (Å²) >= 11 is 9.57. The maximum absolute atomic E-state index is 5.97. The van der Waals surface area contributed by atoms with E-state index < -0.39 is 0 Å². The van der Waals surface area contributed by atoms with Crippen molar-refractivity contribution in [2.75, 3.05) is 24.5 Å². The predicted molar refractivity (Wildman–Crippen MR) is 78.1 cm³/mol. The van der Waals surface area contributed by atoms with Crippen molar-refractivity contribution in [1.29, 1.82) is 0 Å². The Kier molecular flexibility index (Phi) is 4.71. The molecule has 4 heteroatoms. The summed E-state index contributed by atoms with van der Waals surface area (Å²) in [5.41, 5.74) is 1.25. The fourth-order valence-electron chi connectivity index (χ4n) is 2.32. The Bertz CT molecular complexity index is 382. The molecule has 1 unspecified atom stereocenters. The van der Waals surface area contributed by atoms with Crippen molar-refractivity contribution in [2.24, 2.45) is 0 Å². The highest BCUT2D eigenvalue weighted by molar-refractivity contribution is 9.10. The van der Waals surface area contributed by atoms with Crippen molar-refractivity contribution in [2.45, 2.75) is 25.8 Å². The molecule has 1 saturated heterocycles. The monoisotopic (exact) mass is 316 g/mol. The molecule has 1 N–H and O–H groups in total. The molecule has 1 heterocycles. The van der Waals surface area contributed by atoms with E-state index in [1.165, 1.54) is 18.5 Å². The molecule has 0 amide bonds. The number of nitrogens with one attached hydrogen (secondary N) is 1. The van der Waals surface area contributed by atoms with Crippen molar-refractivity contribution in [3.8, 4) is 0 Å². The van der Waals surface area contributed by atoms with Crippen LogP contribution < -0.4 is 10.2 Å². The molecule has 0 spiro atoms. The predicted octanol–water partition coefficient (Wildman–Crippen LogP) is 3.68. The Hall–Kier alpha value is -0.250. The Labute approximate surface area is 116 Å². The Balaban J connectivity index is 2.10. The average Bonchev–Trinajstić information content (AvgIpc) is 2.29. The van der Waals surface area contributed by atoms with Crippen LogP contribution in [0.15, 0.2) is 22.7 Å². The first-order valence-corrected chi connectivity index (χ1v) is 7.31. The van der Waals surface area contributed by atoms with E-state index >= 15 is 0 Å². The van der Waals surface area contributed by atoms with Gasteiger partial charge in [0, 0.05) is 35.2 Å². The van der Waals surface area contributed by atoms with Crippen LogP contribution in [0.2, 0.25) is 5.02 Å². The third kappa shape index (κ3) is 3.36. The number of rotatable bonds is 3. The Morgan fingerprint density at radius 1 is 1.53 bits per heavy atom. The molecule has 1 atom stereocenters. The first-order valence-electron chi connectivity index (χ1n) is 6.14. The van der Waals surface area contributed by atoms with Gasteiger partial charge < -0.3 is 10.2 Å². The van der Waals surface area contributed by atoms with Gasteiger partial charge >= 0.3 is 0 Å². The lowest BCUT2D eigenvalue weighted by Crippen LogP contribution is -2.50. The summed E-state index contributed by atoms with van der Waals surface area (Å²) in [6, 6.07) is 6.63. The molecule has 17 heavy (non-hydrogen) atoms. The van der Waals surface area contributed by atoms with Gasteiger partial charge in [0.2, 0.25) is 0 Å². The van der Waals surface area contributed by atoms with Crippen LogP contribution in [0.1, 0.15) is 19.8 Å². The molecule has 2 rings (SSSR count). The highest BCUT2D eigenvalue weighted by Gasteiger charge is 2.20. The number of halogens is 2. The normalized spacial score (nSPS) is 20.6. The summed E-state index contributed by atoms with van der Waals surface area (Å²) in [5, 5.41) is 4.35. The molecule has 1 aromatic carbocycles. The molecule has 0 radical (unpaired) electrons. The van der Waals surface area contributed by atoms with E-state index in [2.05, 4.69) is 39.1 Å². The second-order valence-electron chi connectivity index (χ2n) is 4.48. The van der Waals surface area contributed by atoms with E-state index in [0.29, 0.717) is 6.04 Å². The van der Waals surface area contributed by atoms with E-state index in [-0.39, 0.29) is 0 Å². The quantitative estimate of drug-likeness (QED) is 0.915. The van der Waals surface area contributed by atoms with Gasteiger partial charge in [0.1, 0.15) is 0 Å². The SMILES string of the molecule is CCCC1CN(c2ccc(Cl)cc2Br)CCN1. The molecule has 1 aromatic rings. The van der Waals surface area contributed by atoms with E-state index in [9.17, 15) is 0 Å². The van der Waals surface area contributed by atoms with Crippen LogP contribution >= 0.6 is 27.5 Å². The summed E-state index contributed by atoms with van der Waals surface area (Å²) < 4.78 is 1.09. The van der Waals surface area contributed by atoms with Gasteiger partial charge in [-0.3, -0.25) is 0 Å². The van der Waals surface area contributed by atoms with E-state index in [0.717, 1.165) is 29.1 Å². The average molecular weight is 318 g/mol. The van der Waals surface area contributed by atoms with E-state index in [4.69, 9.17) is 11.6 Å². The zero-order chi connectivity index (χ0) is 12.3. The standard InChI is InChI=1S/C13H18BrClN2/c1-2-3-11-9-17(7-6-16-11)13-5-4-10(15)8-12(13)14/h4-5,8,11,16H,2-3,6-7,9H2,1H3. The molecule has 0 bridgehead atoms. The van der Waals surface area contributed by atoms with Crippen LogP contribution in [0.5, 0.6) is 0 Å². The maximum Gasteiger partial charge on any atom is 0.0512 e. The summed E-state index contributed by atoms with van der Waals surface area (Å²) in [6.45, 7) is 5.42. The first-order chi connectivity index (χ1) is 8.20. The van der Waals surface area contributed by atoms with Gasteiger partial charge in [0.05, 0.1) is 5.69 Å². The summed E-state index contributed by atoms with van der Waals surface area (Å²) in [7, 11) is 0. The van der Waals surface area contributed by atoms with Crippen molar-refractivity contribution < 1.29 is 0 Å². The third-order valence-electron chi connectivity index (χ3n) is 3.14. The smallest absolute Gasteiger partial charge is 0.0512 e. The minimum Gasteiger partial charge on any atom is -0.368 e. The third-order valence-corrected chi connectivity index (χ3v) is 4.01. The van der Waals surface area contributed by atoms with Crippen LogP contribution in [0.4, 0.5) is 5.69 Å². The second kappa shape index (κ2) is 6.07. The molecule has 1 aliphatic heterocycles. The van der Waals surface area contributed by atoms with Crippen molar-refractivity contribution in [1.82, 2.24) is 5.32 Å². The lowest BCUT2D eigenvalue weighted by Gasteiger charge is -2.35. The Morgan fingerprint density at radius 2 is 2.35 bits per heavy atom. The number of hydrogen-bond acceptors (Lipinski definition) is 2. The molecule has 1 fully saturated rings. The second-order valence-corrected chi connectivity index (χ2v) is 5.77. The van der Waals surface area contributed by atoms with Gasteiger partial charge in [-0.2, -0.15) is 0 Å². The number of nitrogens with zero attached hydrogens (tertiary/aromatic N) is 1. The van der Waals surface area contributed by atoms with Gasteiger partial charge in [-0.1, -0.05) is 24.9 Å². The van der Waals surface area contributed by atoms with Crippen molar-refractivity contribution >= 4 is 33.2 Å². The highest BCUT2D eigenvalue weighted by atomic mass is 79.9. The summed E-state index contributed by atoms with van der Waals surface area (Å²) in [6.07, 6.45) is 2.47. The number of hydrogen-bond donors (Lipinski definition) is 1. The molecular formula is C13H18BrClN2. The van der Waals surface area contributed by atoms with Gasteiger partial charge in [-0.15, -0.1) is 0 Å². The minimum atomic E-state index is 0.608. The lowest BCUT2D eigenvalue weighted by atomic mass is 10.1. The van der Waals surface area contributed by atoms with Crippen molar-refractivity contribution in [3.05, 3.63) is 27.7 Å². The fraction of sp³-hybridized carbons (Fsp3) is 0.538.